The van der Waals surface area contributed by atoms with Gasteiger partial charge in [0, 0.05) is 17.8 Å². The Morgan fingerprint density at radius 2 is 2.12 bits per heavy atom. The van der Waals surface area contributed by atoms with E-state index in [9.17, 15) is 4.79 Å². The van der Waals surface area contributed by atoms with E-state index < -0.39 is 0 Å². The Morgan fingerprint density at radius 1 is 1.41 bits per heavy atom. The lowest BCUT2D eigenvalue weighted by molar-refractivity contribution is -0.527. The van der Waals surface area contributed by atoms with Gasteiger partial charge in [-0.05, 0) is 25.8 Å². The van der Waals surface area contributed by atoms with Gasteiger partial charge in [0.05, 0.1) is 7.11 Å². The highest BCUT2D eigenvalue weighted by Crippen LogP contribution is 2.10. The number of hydrogen-bond acceptors (Lipinski definition) is 3. The molecule has 90 valence electrons. The van der Waals surface area contributed by atoms with Gasteiger partial charge in [-0.25, -0.2) is 0 Å². The first kappa shape index (κ1) is 11.6. The van der Waals surface area contributed by atoms with Crippen LogP contribution in [0, 0.1) is 0 Å². The van der Waals surface area contributed by atoms with E-state index in [2.05, 4.69) is 4.98 Å². The zero-order chi connectivity index (χ0) is 12.6. The average Bonchev–Trinajstić information content (AvgIpc) is 2.27. The number of nitrogens with zero attached hydrogens (tertiary/aromatic N) is 3. The van der Waals surface area contributed by atoms with Crippen molar-refractivity contribution in [2.45, 2.75) is 26.3 Å². The minimum absolute atomic E-state index is 0.0549. The Kier molecular flexibility index (Phi) is 2.61. The second kappa shape index (κ2) is 3.84. The summed E-state index contributed by atoms with van der Waals surface area (Å²) in [5, 5.41) is 0. The molecule has 0 fully saturated rings. The molecule has 0 radical (unpaired) electrons. The van der Waals surface area contributed by atoms with Gasteiger partial charge in [-0.2, -0.15) is 4.40 Å². The second-order valence-electron chi connectivity index (χ2n) is 4.83. The molecule has 0 bridgehead atoms. The van der Waals surface area contributed by atoms with Crippen molar-refractivity contribution < 1.29 is 9.14 Å². The highest BCUT2D eigenvalue weighted by atomic mass is 16.5. The molecular weight excluding hydrogens is 218 g/mol. The normalized spacial score (nSPS) is 11.8. The molecule has 0 aliphatic rings. The molecule has 0 spiro atoms. The minimum Gasteiger partial charge on any atom is -0.431 e. The fraction of sp³-hybridized carbons (Fsp3) is 0.417. The lowest BCUT2D eigenvalue weighted by atomic mass is 10.1. The van der Waals surface area contributed by atoms with Crippen LogP contribution in [0.4, 0.5) is 0 Å². The molecular formula is C12H16N3O2+. The summed E-state index contributed by atoms with van der Waals surface area (Å²) in [7, 11) is 1.53. The van der Waals surface area contributed by atoms with Gasteiger partial charge in [0.15, 0.2) is 0 Å². The average molecular weight is 234 g/mol. The zero-order valence-electron chi connectivity index (χ0n) is 10.5. The Labute approximate surface area is 99.3 Å². The van der Waals surface area contributed by atoms with Crippen LogP contribution in [-0.2, 0) is 5.54 Å². The summed E-state index contributed by atoms with van der Waals surface area (Å²) in [4.78, 5) is 16.4. The van der Waals surface area contributed by atoms with Crippen LogP contribution in [-0.4, -0.2) is 16.7 Å². The maximum atomic E-state index is 12.3. The molecule has 0 unspecified atom stereocenters. The molecule has 0 aliphatic heterocycles. The maximum absolute atomic E-state index is 12.3. The van der Waals surface area contributed by atoms with Crippen LogP contribution in [0.3, 0.4) is 0 Å². The third kappa shape index (κ3) is 1.88. The summed E-state index contributed by atoms with van der Waals surface area (Å²) < 4.78 is 8.45. The molecule has 0 saturated heterocycles. The summed E-state index contributed by atoms with van der Waals surface area (Å²) in [6.45, 7) is 5.97. The molecule has 5 nitrogen and oxygen atoms in total. The molecule has 0 saturated carbocycles. The number of ether oxygens (including phenoxy) is 1. The van der Waals surface area contributed by atoms with Crippen LogP contribution >= 0.6 is 0 Å². The van der Waals surface area contributed by atoms with Crippen molar-refractivity contribution in [1.82, 2.24) is 9.55 Å². The van der Waals surface area contributed by atoms with E-state index in [1.807, 2.05) is 20.8 Å². The summed E-state index contributed by atoms with van der Waals surface area (Å²) >= 11 is 0. The van der Waals surface area contributed by atoms with Gasteiger partial charge >= 0.3 is 6.01 Å². The molecule has 0 aromatic carbocycles. The summed E-state index contributed by atoms with van der Waals surface area (Å²) in [5.41, 5.74) is 0.248. The highest BCUT2D eigenvalue weighted by molar-refractivity contribution is 5.35. The molecule has 2 aromatic heterocycles. The van der Waals surface area contributed by atoms with E-state index in [1.165, 1.54) is 7.11 Å². The number of aromatic nitrogens is 3. The molecule has 2 heterocycles. The maximum Gasteiger partial charge on any atom is 0.503 e. The summed E-state index contributed by atoms with van der Waals surface area (Å²) in [6, 6.07) is 2.09. The van der Waals surface area contributed by atoms with Gasteiger partial charge in [0.2, 0.25) is 5.52 Å². The molecule has 17 heavy (non-hydrogen) atoms. The van der Waals surface area contributed by atoms with Crippen LogP contribution in [0.1, 0.15) is 20.8 Å². The number of rotatable bonds is 1. The van der Waals surface area contributed by atoms with Gasteiger partial charge in [0.1, 0.15) is 12.4 Å². The first-order valence-electron chi connectivity index (χ1n) is 5.41. The topological polar surface area (TPSA) is 48.2 Å². The smallest absolute Gasteiger partial charge is 0.431 e. The van der Waals surface area contributed by atoms with Crippen LogP contribution < -0.4 is 14.7 Å². The van der Waals surface area contributed by atoms with Gasteiger partial charge < -0.3 is 9.30 Å². The quantitative estimate of drug-likeness (QED) is 0.684. The van der Waals surface area contributed by atoms with Crippen molar-refractivity contribution in [3.63, 3.8) is 0 Å². The monoisotopic (exact) mass is 234 g/mol. The van der Waals surface area contributed by atoms with E-state index in [0.717, 1.165) is 0 Å². The SMILES string of the molecule is COc1nccc2c(=O)n(C(C)(C)C)cc[n+]12. The third-order valence-corrected chi connectivity index (χ3v) is 2.59. The van der Waals surface area contributed by atoms with Crippen LogP contribution in [0.2, 0.25) is 0 Å². The Balaban J connectivity index is 2.83. The standard InChI is InChI=1S/C12H16N3O2/c1-12(2,3)15-8-7-14-9(10(15)16)5-6-13-11(14)17-4/h5-8H,1-4H3/q+1. The molecule has 0 N–H and O–H groups in total. The third-order valence-electron chi connectivity index (χ3n) is 2.59. The Morgan fingerprint density at radius 3 is 2.71 bits per heavy atom. The number of methoxy groups -OCH3 is 1. The van der Waals surface area contributed by atoms with Crippen molar-refractivity contribution in [3.8, 4) is 6.01 Å². The molecule has 0 amide bonds. The van der Waals surface area contributed by atoms with Gasteiger partial charge in [-0.3, -0.25) is 4.79 Å². The van der Waals surface area contributed by atoms with Crippen molar-refractivity contribution >= 4 is 5.52 Å². The molecule has 0 aliphatic carbocycles. The fourth-order valence-corrected chi connectivity index (χ4v) is 1.74. The van der Waals surface area contributed by atoms with Crippen molar-refractivity contribution in [1.29, 1.82) is 0 Å². The van der Waals surface area contributed by atoms with Crippen LogP contribution in [0.5, 0.6) is 6.01 Å². The van der Waals surface area contributed by atoms with Gasteiger partial charge in [-0.15, -0.1) is 0 Å². The van der Waals surface area contributed by atoms with E-state index in [0.29, 0.717) is 11.5 Å². The van der Waals surface area contributed by atoms with E-state index in [1.54, 1.807) is 33.6 Å². The second-order valence-corrected chi connectivity index (χ2v) is 4.83. The Hall–Kier alpha value is -1.91. The zero-order valence-corrected chi connectivity index (χ0v) is 10.5. The van der Waals surface area contributed by atoms with E-state index in [4.69, 9.17) is 4.74 Å². The van der Waals surface area contributed by atoms with Crippen LogP contribution in [0.25, 0.3) is 5.52 Å². The Bertz CT molecular complexity index is 611. The van der Waals surface area contributed by atoms with Crippen LogP contribution in [0.15, 0.2) is 29.5 Å². The van der Waals surface area contributed by atoms with Gasteiger partial charge in [0.25, 0.3) is 5.56 Å². The predicted molar refractivity (Wildman–Crippen MR) is 63.2 cm³/mol. The molecule has 2 aromatic rings. The molecule has 0 atom stereocenters. The highest BCUT2D eigenvalue weighted by Gasteiger charge is 2.20. The minimum atomic E-state index is -0.248. The summed E-state index contributed by atoms with van der Waals surface area (Å²) in [6.07, 6.45) is 5.11. The van der Waals surface area contributed by atoms with Crippen molar-refractivity contribution in [3.05, 3.63) is 35.0 Å². The lowest BCUT2D eigenvalue weighted by Gasteiger charge is -2.21. The first-order chi connectivity index (χ1) is 7.95. The van der Waals surface area contributed by atoms with Crippen molar-refractivity contribution in [2.24, 2.45) is 0 Å². The lowest BCUT2D eigenvalue weighted by Crippen LogP contribution is -2.40. The summed E-state index contributed by atoms with van der Waals surface area (Å²) in [5.74, 6) is 0. The first-order valence-corrected chi connectivity index (χ1v) is 5.41. The number of hydrogen-bond donors (Lipinski definition) is 0. The predicted octanol–water partition coefficient (Wildman–Crippen LogP) is 0.746. The van der Waals surface area contributed by atoms with E-state index >= 15 is 0 Å². The molecule has 2 rings (SSSR count). The largest absolute Gasteiger partial charge is 0.503 e. The van der Waals surface area contributed by atoms with Crippen molar-refractivity contribution in [2.75, 3.05) is 7.11 Å². The van der Waals surface area contributed by atoms with E-state index in [-0.39, 0.29) is 11.1 Å². The van der Waals surface area contributed by atoms with Gasteiger partial charge in [-0.1, -0.05) is 0 Å². The molecule has 5 heteroatoms. The number of fused-ring (bicyclic) bond motifs is 1. The fourth-order valence-electron chi connectivity index (χ4n) is 1.74.